The number of ether oxygens (including phenoxy) is 8. The monoisotopic (exact) mass is 696 g/mol. The summed E-state index contributed by atoms with van der Waals surface area (Å²) < 4.78 is 57.9. The van der Waals surface area contributed by atoms with Gasteiger partial charge in [-0.25, -0.2) is 0 Å². The van der Waals surface area contributed by atoms with E-state index in [0.717, 1.165) is 31.7 Å². The molecular formula is C38H68O9Si. The molecule has 0 aromatic heterocycles. The van der Waals surface area contributed by atoms with E-state index in [-0.39, 0.29) is 66.4 Å². The zero-order valence-electron chi connectivity index (χ0n) is 32.6. The third-order valence-electron chi connectivity index (χ3n) is 11.0. The second-order valence-corrected chi connectivity index (χ2v) is 22.1. The van der Waals surface area contributed by atoms with E-state index in [9.17, 15) is 0 Å². The minimum Gasteiger partial charge on any atom is -0.410 e. The zero-order chi connectivity index (χ0) is 35.4. The van der Waals surface area contributed by atoms with Crippen LogP contribution in [0, 0.1) is 23.7 Å². The van der Waals surface area contributed by atoms with Gasteiger partial charge in [-0.15, -0.1) is 0 Å². The molecule has 0 bridgehead atoms. The smallest absolute Gasteiger partial charge is 0.191 e. The summed E-state index contributed by atoms with van der Waals surface area (Å²) in [6, 6.07) is 1.02. The standard InChI is InChI=1S/C38H68O9Si/c1-23-21-40-36(7,8)45-32(23)26(4)33-24(2)30(43-38(11,12)46-33)16-15-27-22-48(13,14)47-34(27)25(3)31-20-29(42-37(9,10)44-31)19-28-17-18-39-35(5,6)41-28/h15,23-26,28-34H,16-22H2,1-14H3/b27-15+/t23-,24+,25+,26+,28-,29-,30-,31-,32+,33-,34-/m1/s1. The van der Waals surface area contributed by atoms with E-state index >= 15 is 0 Å². The largest absolute Gasteiger partial charge is 0.410 e. The third kappa shape index (κ3) is 9.52. The van der Waals surface area contributed by atoms with Crippen molar-refractivity contribution in [2.45, 2.75) is 194 Å². The molecular weight excluding hydrogens is 628 g/mol. The first kappa shape index (κ1) is 38.8. The summed E-state index contributed by atoms with van der Waals surface area (Å²) in [6.07, 6.45) is 6.03. The normalized spacial score (nSPS) is 42.7. The van der Waals surface area contributed by atoms with Crippen LogP contribution in [0.3, 0.4) is 0 Å². The fraction of sp³-hybridized carbons (Fsp3) is 0.947. The maximum Gasteiger partial charge on any atom is 0.191 e. The van der Waals surface area contributed by atoms with Crippen LogP contribution in [0.5, 0.6) is 0 Å². The lowest BCUT2D eigenvalue weighted by Gasteiger charge is -2.50. The lowest BCUT2D eigenvalue weighted by atomic mass is 9.79. The Bertz CT molecular complexity index is 1140. The highest BCUT2D eigenvalue weighted by molar-refractivity contribution is 6.72. The van der Waals surface area contributed by atoms with Gasteiger partial charge in [-0.3, -0.25) is 0 Å². The van der Waals surface area contributed by atoms with Gasteiger partial charge in [0.05, 0.1) is 55.9 Å². The van der Waals surface area contributed by atoms with Gasteiger partial charge in [0.2, 0.25) is 0 Å². The van der Waals surface area contributed by atoms with Crippen LogP contribution in [-0.4, -0.2) is 87.4 Å². The van der Waals surface area contributed by atoms with Crippen molar-refractivity contribution < 1.29 is 42.3 Å². The number of hydrogen-bond donors (Lipinski definition) is 0. The maximum absolute atomic E-state index is 6.95. The Balaban J connectivity index is 1.29. The van der Waals surface area contributed by atoms with E-state index in [1.807, 2.05) is 55.4 Å². The van der Waals surface area contributed by atoms with E-state index in [0.29, 0.717) is 13.2 Å². The average Bonchev–Trinajstić information content (AvgIpc) is 3.26. The second kappa shape index (κ2) is 14.2. The summed E-state index contributed by atoms with van der Waals surface area (Å²) in [6.45, 7) is 31.3. The first-order valence-electron chi connectivity index (χ1n) is 18.8. The van der Waals surface area contributed by atoms with Gasteiger partial charge in [-0.1, -0.05) is 33.8 Å². The minimum atomic E-state index is -1.89. The summed E-state index contributed by atoms with van der Waals surface area (Å²) in [5, 5.41) is 0. The van der Waals surface area contributed by atoms with Crippen LogP contribution in [0.4, 0.5) is 0 Å². The molecule has 0 saturated carbocycles. The molecule has 5 saturated heterocycles. The lowest BCUT2D eigenvalue weighted by Crippen LogP contribution is -2.57. The zero-order valence-corrected chi connectivity index (χ0v) is 33.6. The number of hydrogen-bond acceptors (Lipinski definition) is 9. The molecule has 0 N–H and O–H groups in total. The number of rotatable bonds is 8. The Labute approximate surface area is 292 Å². The summed E-state index contributed by atoms with van der Waals surface area (Å²) in [7, 11) is -1.89. The molecule has 0 aromatic carbocycles. The average molecular weight is 697 g/mol. The third-order valence-corrected chi connectivity index (χ3v) is 13.2. The predicted octanol–water partition coefficient (Wildman–Crippen LogP) is 7.96. The second-order valence-electron chi connectivity index (χ2n) is 18.0. The van der Waals surface area contributed by atoms with E-state index < -0.39 is 31.5 Å². The van der Waals surface area contributed by atoms with Gasteiger partial charge >= 0.3 is 0 Å². The Kier molecular flexibility index (Phi) is 11.5. The summed E-state index contributed by atoms with van der Waals surface area (Å²) >= 11 is 0. The minimum absolute atomic E-state index is 0.000973. The Morgan fingerprint density at radius 1 is 0.750 bits per heavy atom. The van der Waals surface area contributed by atoms with E-state index in [1.54, 1.807) is 0 Å². The molecule has 5 heterocycles. The molecule has 0 radical (unpaired) electrons. The molecule has 48 heavy (non-hydrogen) atoms. The molecule has 0 amide bonds. The van der Waals surface area contributed by atoms with Crippen molar-refractivity contribution in [3.05, 3.63) is 11.6 Å². The molecule has 9 nitrogen and oxygen atoms in total. The van der Waals surface area contributed by atoms with Gasteiger partial charge in [0.25, 0.3) is 0 Å². The fourth-order valence-corrected chi connectivity index (χ4v) is 11.3. The molecule has 5 fully saturated rings. The SMILES string of the molecule is C[C@H]([C@@H]1OC(C)(C)O[C@H](C/C=C2\C[Si](C)(C)O[C@@H]2[C@@H](C)[C@H]2C[C@@H](C[C@H]3CCOC(C)(C)O3)OC(C)(C)O2)[C@@H]1C)[C@H]1OC(C)(C)OC[C@H]1C. The Morgan fingerprint density at radius 2 is 1.38 bits per heavy atom. The summed E-state index contributed by atoms with van der Waals surface area (Å²) in [4.78, 5) is 0. The van der Waals surface area contributed by atoms with Crippen LogP contribution >= 0.6 is 0 Å². The van der Waals surface area contributed by atoms with E-state index in [2.05, 4.69) is 46.9 Å². The Hall–Kier alpha value is -0.403. The van der Waals surface area contributed by atoms with Gasteiger partial charge in [-0.05, 0) is 92.9 Å². The molecule has 5 aliphatic rings. The quantitative estimate of drug-likeness (QED) is 0.185. The van der Waals surface area contributed by atoms with Crippen LogP contribution in [0.25, 0.3) is 0 Å². The van der Waals surface area contributed by atoms with Crippen LogP contribution in [-0.2, 0) is 42.3 Å². The van der Waals surface area contributed by atoms with Crippen molar-refractivity contribution in [2.24, 2.45) is 23.7 Å². The van der Waals surface area contributed by atoms with Gasteiger partial charge in [-0.2, -0.15) is 0 Å². The predicted molar refractivity (Wildman–Crippen MR) is 188 cm³/mol. The molecule has 278 valence electrons. The molecule has 0 spiro atoms. The van der Waals surface area contributed by atoms with E-state index in [4.69, 9.17) is 42.3 Å². The molecule has 5 aliphatic heterocycles. The van der Waals surface area contributed by atoms with E-state index in [1.165, 1.54) is 5.57 Å². The van der Waals surface area contributed by atoms with Gasteiger partial charge in [0.1, 0.15) is 0 Å². The topological polar surface area (TPSA) is 83.1 Å². The van der Waals surface area contributed by atoms with Crippen molar-refractivity contribution in [1.82, 2.24) is 0 Å². The molecule has 0 unspecified atom stereocenters. The van der Waals surface area contributed by atoms with Crippen LogP contribution in [0.1, 0.15) is 109 Å². The van der Waals surface area contributed by atoms with Crippen molar-refractivity contribution in [2.75, 3.05) is 13.2 Å². The molecule has 0 aromatic rings. The Morgan fingerprint density at radius 3 is 2.06 bits per heavy atom. The van der Waals surface area contributed by atoms with Crippen molar-refractivity contribution >= 4 is 8.32 Å². The van der Waals surface area contributed by atoms with Gasteiger partial charge < -0.3 is 42.3 Å². The van der Waals surface area contributed by atoms with Crippen molar-refractivity contribution in [1.29, 1.82) is 0 Å². The van der Waals surface area contributed by atoms with Crippen LogP contribution in [0.15, 0.2) is 11.6 Å². The maximum atomic E-state index is 6.95. The highest BCUT2D eigenvalue weighted by Crippen LogP contribution is 2.44. The van der Waals surface area contributed by atoms with Crippen LogP contribution < -0.4 is 0 Å². The first-order valence-corrected chi connectivity index (χ1v) is 21.9. The van der Waals surface area contributed by atoms with Crippen molar-refractivity contribution in [3.63, 3.8) is 0 Å². The first-order chi connectivity index (χ1) is 22.0. The lowest BCUT2D eigenvalue weighted by molar-refractivity contribution is -0.348. The molecule has 10 heteroatoms. The summed E-state index contributed by atoms with van der Waals surface area (Å²) in [5.74, 6) is -1.69. The van der Waals surface area contributed by atoms with Gasteiger partial charge in [0, 0.05) is 36.5 Å². The molecule has 5 rings (SSSR count). The van der Waals surface area contributed by atoms with Crippen LogP contribution in [0.2, 0.25) is 19.1 Å². The molecule has 0 aliphatic carbocycles. The van der Waals surface area contributed by atoms with Crippen molar-refractivity contribution in [3.8, 4) is 0 Å². The highest BCUT2D eigenvalue weighted by atomic mass is 28.4. The van der Waals surface area contributed by atoms with Gasteiger partial charge in [0.15, 0.2) is 31.5 Å². The molecule has 11 atom stereocenters. The highest BCUT2D eigenvalue weighted by Gasteiger charge is 2.50. The fourth-order valence-electron chi connectivity index (χ4n) is 8.87. The summed E-state index contributed by atoms with van der Waals surface area (Å²) in [5.41, 5.74) is 1.39.